The molecule has 5 heteroatoms. The Morgan fingerprint density at radius 3 is 3.19 bits per heavy atom. The van der Waals surface area contributed by atoms with Crippen LogP contribution in [0.4, 0.5) is 0 Å². The van der Waals surface area contributed by atoms with Crippen molar-refractivity contribution in [3.63, 3.8) is 0 Å². The van der Waals surface area contributed by atoms with Crippen LogP contribution in [0.5, 0.6) is 0 Å². The molecule has 0 amide bonds. The molecule has 2 rings (SSSR count). The Morgan fingerprint density at radius 1 is 1.69 bits per heavy atom. The zero-order chi connectivity index (χ0) is 11.4. The molecule has 1 aromatic rings. The van der Waals surface area contributed by atoms with E-state index in [0.717, 1.165) is 23.5 Å². The van der Waals surface area contributed by atoms with Gasteiger partial charge in [0.1, 0.15) is 11.6 Å². The maximum Gasteiger partial charge on any atom is 0.373 e. The van der Waals surface area contributed by atoms with Gasteiger partial charge in [0, 0.05) is 11.1 Å². The molecule has 1 aliphatic rings. The highest BCUT2D eigenvalue weighted by Crippen LogP contribution is 2.14. The van der Waals surface area contributed by atoms with Crippen molar-refractivity contribution in [2.24, 2.45) is 0 Å². The van der Waals surface area contributed by atoms with E-state index in [0.29, 0.717) is 12.4 Å². The first-order chi connectivity index (χ1) is 7.75. The number of carbonyl (C=O) groups excluding carboxylic acids is 1. The summed E-state index contributed by atoms with van der Waals surface area (Å²) in [6.07, 6.45) is 3.61. The van der Waals surface area contributed by atoms with Crippen LogP contribution in [0, 0.1) is 6.92 Å². The summed E-state index contributed by atoms with van der Waals surface area (Å²) in [5.74, 6) is -0.0629. The van der Waals surface area contributed by atoms with Gasteiger partial charge in [0.25, 0.3) is 0 Å². The lowest BCUT2D eigenvalue weighted by molar-refractivity contribution is -0.144. The fraction of sp³-hybridized carbons (Fsp3) is 0.455. The van der Waals surface area contributed by atoms with E-state index in [1.807, 2.05) is 12.3 Å². The lowest BCUT2D eigenvalue weighted by Crippen LogP contribution is -2.14. The van der Waals surface area contributed by atoms with Crippen LogP contribution in [-0.4, -0.2) is 17.6 Å². The summed E-state index contributed by atoms with van der Waals surface area (Å²) in [4.78, 5) is 15.7. The third-order valence-corrected chi connectivity index (χ3v) is 3.07. The van der Waals surface area contributed by atoms with Gasteiger partial charge in [-0.05, 0) is 25.8 Å². The lowest BCUT2D eigenvalue weighted by atomic mass is 10.2. The molecule has 0 spiro atoms. The summed E-state index contributed by atoms with van der Waals surface area (Å²) < 4.78 is 10.3. The second-order valence-electron chi connectivity index (χ2n) is 3.52. The zero-order valence-corrected chi connectivity index (χ0v) is 9.88. The van der Waals surface area contributed by atoms with Crippen molar-refractivity contribution < 1.29 is 14.3 Å². The Kier molecular flexibility index (Phi) is 3.56. The Morgan fingerprint density at radius 2 is 2.56 bits per heavy atom. The van der Waals surface area contributed by atoms with Crippen molar-refractivity contribution in [2.45, 2.75) is 26.4 Å². The number of nitrogens with zero attached hydrogens (tertiary/aromatic N) is 1. The largest absolute Gasteiger partial charge is 0.487 e. The molecule has 0 N–H and O–H groups in total. The lowest BCUT2D eigenvalue weighted by Gasteiger charge is -2.13. The average molecular weight is 239 g/mol. The molecule has 2 heterocycles. The molecule has 0 bridgehead atoms. The highest BCUT2D eigenvalue weighted by Gasteiger charge is 2.15. The van der Waals surface area contributed by atoms with Gasteiger partial charge in [-0.15, -0.1) is 11.3 Å². The van der Waals surface area contributed by atoms with Crippen LogP contribution in [0.25, 0.3) is 0 Å². The van der Waals surface area contributed by atoms with Crippen LogP contribution in [-0.2, 0) is 20.9 Å². The van der Waals surface area contributed by atoms with Crippen LogP contribution in [0.15, 0.2) is 17.2 Å². The SMILES string of the molecule is Cc1csc(COC(=O)C2=CCCCO2)n1. The Hall–Kier alpha value is -1.36. The molecular formula is C11H13NO3S. The maximum atomic E-state index is 11.5. The van der Waals surface area contributed by atoms with Gasteiger partial charge in [-0.1, -0.05) is 0 Å². The predicted octanol–water partition coefficient (Wildman–Crippen LogP) is 2.19. The second-order valence-corrected chi connectivity index (χ2v) is 4.46. The van der Waals surface area contributed by atoms with Gasteiger partial charge < -0.3 is 9.47 Å². The molecule has 0 saturated carbocycles. The molecule has 0 radical (unpaired) electrons. The minimum atomic E-state index is -0.396. The fourth-order valence-electron chi connectivity index (χ4n) is 1.37. The van der Waals surface area contributed by atoms with E-state index in [2.05, 4.69) is 4.98 Å². The van der Waals surface area contributed by atoms with Crippen molar-refractivity contribution in [3.05, 3.63) is 27.9 Å². The molecule has 0 atom stereocenters. The number of hydrogen-bond acceptors (Lipinski definition) is 5. The van der Waals surface area contributed by atoms with Crippen molar-refractivity contribution in [1.29, 1.82) is 0 Å². The number of rotatable bonds is 3. The Balaban J connectivity index is 1.86. The normalized spacial score (nSPS) is 15.2. The van der Waals surface area contributed by atoms with Gasteiger partial charge in [0.05, 0.1) is 6.61 Å². The van der Waals surface area contributed by atoms with Gasteiger partial charge >= 0.3 is 5.97 Å². The first-order valence-corrected chi connectivity index (χ1v) is 6.05. The van der Waals surface area contributed by atoms with E-state index < -0.39 is 5.97 Å². The van der Waals surface area contributed by atoms with E-state index in [1.54, 1.807) is 6.08 Å². The molecule has 4 nitrogen and oxygen atoms in total. The molecule has 1 aromatic heterocycles. The first-order valence-electron chi connectivity index (χ1n) is 5.17. The fourth-order valence-corrected chi connectivity index (χ4v) is 2.05. The second kappa shape index (κ2) is 5.12. The molecule has 1 aliphatic heterocycles. The minimum absolute atomic E-state index is 0.220. The molecule has 0 saturated heterocycles. The Bertz CT molecular complexity index is 411. The topological polar surface area (TPSA) is 48.4 Å². The third kappa shape index (κ3) is 2.82. The van der Waals surface area contributed by atoms with Crippen LogP contribution in [0.3, 0.4) is 0 Å². The van der Waals surface area contributed by atoms with Gasteiger partial charge in [-0.3, -0.25) is 0 Å². The smallest absolute Gasteiger partial charge is 0.373 e. The van der Waals surface area contributed by atoms with E-state index in [4.69, 9.17) is 9.47 Å². The van der Waals surface area contributed by atoms with Crippen LogP contribution in [0.1, 0.15) is 23.5 Å². The molecule has 0 aliphatic carbocycles. The number of thiazole rings is 1. The highest BCUT2D eigenvalue weighted by atomic mass is 32.1. The molecule has 16 heavy (non-hydrogen) atoms. The van der Waals surface area contributed by atoms with E-state index in [1.165, 1.54) is 11.3 Å². The highest BCUT2D eigenvalue weighted by molar-refractivity contribution is 7.09. The van der Waals surface area contributed by atoms with Gasteiger partial charge in [-0.2, -0.15) is 0 Å². The van der Waals surface area contributed by atoms with Gasteiger partial charge in [0.2, 0.25) is 5.76 Å². The summed E-state index contributed by atoms with van der Waals surface area (Å²) in [6, 6.07) is 0. The van der Waals surface area contributed by atoms with Gasteiger partial charge in [0.15, 0.2) is 0 Å². The summed E-state index contributed by atoms with van der Waals surface area (Å²) in [5.41, 5.74) is 0.948. The van der Waals surface area contributed by atoms with Crippen molar-refractivity contribution in [2.75, 3.05) is 6.61 Å². The number of aromatic nitrogens is 1. The number of allylic oxidation sites excluding steroid dienone is 1. The summed E-state index contributed by atoms with van der Waals surface area (Å²) in [6.45, 7) is 2.73. The summed E-state index contributed by atoms with van der Waals surface area (Å²) >= 11 is 1.49. The maximum absolute atomic E-state index is 11.5. The molecule has 0 aromatic carbocycles. The monoisotopic (exact) mass is 239 g/mol. The Labute approximate surface area is 97.9 Å². The first kappa shape index (κ1) is 11.1. The number of carbonyl (C=O) groups is 1. The van der Waals surface area contributed by atoms with Crippen molar-refractivity contribution in [1.82, 2.24) is 4.98 Å². The predicted molar refractivity (Wildman–Crippen MR) is 59.9 cm³/mol. The summed E-state index contributed by atoms with van der Waals surface area (Å²) in [7, 11) is 0. The van der Waals surface area contributed by atoms with Crippen molar-refractivity contribution in [3.8, 4) is 0 Å². The van der Waals surface area contributed by atoms with E-state index in [-0.39, 0.29) is 6.61 Å². The van der Waals surface area contributed by atoms with E-state index in [9.17, 15) is 4.79 Å². The zero-order valence-electron chi connectivity index (χ0n) is 9.06. The third-order valence-electron chi connectivity index (χ3n) is 2.13. The van der Waals surface area contributed by atoms with Crippen molar-refractivity contribution >= 4 is 17.3 Å². The summed E-state index contributed by atoms with van der Waals surface area (Å²) in [5, 5.41) is 2.74. The number of aryl methyl sites for hydroxylation is 1. The molecule has 0 fully saturated rings. The van der Waals surface area contributed by atoms with Crippen LogP contribution >= 0.6 is 11.3 Å². The van der Waals surface area contributed by atoms with Crippen LogP contribution in [0.2, 0.25) is 0 Å². The minimum Gasteiger partial charge on any atom is -0.487 e. The van der Waals surface area contributed by atoms with E-state index >= 15 is 0 Å². The average Bonchev–Trinajstić information content (AvgIpc) is 2.73. The molecule has 0 unspecified atom stereocenters. The number of hydrogen-bond donors (Lipinski definition) is 0. The quantitative estimate of drug-likeness (QED) is 0.759. The number of esters is 1. The molecular weight excluding hydrogens is 226 g/mol. The standard InChI is InChI=1S/C11H13NO3S/c1-8-7-16-10(12-8)6-15-11(13)9-4-2-3-5-14-9/h4,7H,2-3,5-6H2,1H3. The van der Waals surface area contributed by atoms with Crippen LogP contribution < -0.4 is 0 Å². The number of ether oxygens (including phenoxy) is 2. The van der Waals surface area contributed by atoms with Gasteiger partial charge in [-0.25, -0.2) is 9.78 Å². The molecule has 86 valence electrons.